The van der Waals surface area contributed by atoms with Crippen molar-refractivity contribution in [2.24, 2.45) is 0 Å². The Labute approximate surface area is 106 Å². The predicted octanol–water partition coefficient (Wildman–Crippen LogP) is 3.66. The van der Waals surface area contributed by atoms with Crippen LogP contribution in [0.15, 0.2) is 12.2 Å². The van der Waals surface area contributed by atoms with Crippen molar-refractivity contribution in [1.29, 1.82) is 0 Å². The van der Waals surface area contributed by atoms with E-state index in [1.807, 2.05) is 0 Å². The molecule has 0 amide bonds. The molecule has 0 saturated heterocycles. The fourth-order valence-corrected chi connectivity index (χ4v) is 1.99. The lowest BCUT2D eigenvalue weighted by atomic mass is 10.1. The molecule has 0 aromatic rings. The fraction of sp³-hybridized carbons (Fsp3) is 0.846. The molecule has 102 valence electrons. The molecular weight excluding hydrogens is 236 g/mol. The topological polar surface area (TPSA) is 43.4 Å². The highest BCUT2D eigenvalue weighted by Gasteiger charge is 1.99. The molecule has 0 aromatic carbocycles. The molecule has 0 spiro atoms. The van der Waals surface area contributed by atoms with Crippen molar-refractivity contribution in [3.05, 3.63) is 12.2 Å². The van der Waals surface area contributed by atoms with Gasteiger partial charge in [0.25, 0.3) is 10.1 Å². The summed E-state index contributed by atoms with van der Waals surface area (Å²) in [6, 6.07) is 0. The van der Waals surface area contributed by atoms with Gasteiger partial charge in [-0.2, -0.15) is 8.42 Å². The van der Waals surface area contributed by atoms with Gasteiger partial charge in [0.1, 0.15) is 0 Å². The molecule has 0 heterocycles. The van der Waals surface area contributed by atoms with Crippen molar-refractivity contribution in [3.63, 3.8) is 0 Å². The minimum atomic E-state index is -3.24. The van der Waals surface area contributed by atoms with E-state index >= 15 is 0 Å². The summed E-state index contributed by atoms with van der Waals surface area (Å²) < 4.78 is 26.0. The second kappa shape index (κ2) is 10.8. The molecule has 0 saturated carbocycles. The van der Waals surface area contributed by atoms with Gasteiger partial charge in [0.2, 0.25) is 0 Å². The van der Waals surface area contributed by atoms with Crippen molar-refractivity contribution in [2.75, 3.05) is 12.9 Å². The highest BCUT2D eigenvalue weighted by Crippen LogP contribution is 2.08. The second-order valence-electron chi connectivity index (χ2n) is 4.32. The maximum atomic E-state index is 10.7. The van der Waals surface area contributed by atoms with Crippen LogP contribution in [-0.4, -0.2) is 21.3 Å². The van der Waals surface area contributed by atoms with E-state index in [4.69, 9.17) is 0 Å². The Bertz CT molecular complexity index is 281. The van der Waals surface area contributed by atoms with Crippen LogP contribution in [0.2, 0.25) is 0 Å². The summed E-state index contributed by atoms with van der Waals surface area (Å²) >= 11 is 0. The molecule has 17 heavy (non-hydrogen) atoms. The third kappa shape index (κ3) is 15.6. The second-order valence-corrected chi connectivity index (χ2v) is 5.96. The maximum Gasteiger partial charge on any atom is 0.264 e. The number of unbranched alkanes of at least 4 members (excludes halogenated alkanes) is 6. The highest BCUT2D eigenvalue weighted by atomic mass is 32.2. The van der Waals surface area contributed by atoms with Crippen LogP contribution < -0.4 is 0 Å². The molecule has 0 aromatic heterocycles. The summed E-state index contributed by atoms with van der Waals surface area (Å²) in [6.45, 7) is 2.48. The Kier molecular flexibility index (Phi) is 10.6. The van der Waals surface area contributed by atoms with Crippen molar-refractivity contribution < 1.29 is 12.6 Å². The van der Waals surface area contributed by atoms with Crippen LogP contribution in [0.4, 0.5) is 0 Å². The van der Waals surface area contributed by atoms with E-state index in [0.29, 0.717) is 6.61 Å². The first-order valence-corrected chi connectivity index (χ1v) is 8.37. The van der Waals surface area contributed by atoms with Gasteiger partial charge in [0.15, 0.2) is 0 Å². The monoisotopic (exact) mass is 262 g/mol. The Balaban J connectivity index is 3.11. The van der Waals surface area contributed by atoms with Gasteiger partial charge < -0.3 is 0 Å². The van der Waals surface area contributed by atoms with Crippen LogP contribution in [-0.2, 0) is 14.3 Å². The molecule has 3 nitrogen and oxygen atoms in total. The van der Waals surface area contributed by atoms with E-state index in [9.17, 15) is 8.42 Å². The fourth-order valence-electron chi connectivity index (χ4n) is 1.57. The van der Waals surface area contributed by atoms with Crippen LogP contribution in [0, 0.1) is 0 Å². The predicted molar refractivity (Wildman–Crippen MR) is 72.5 cm³/mol. The SMILES string of the molecule is CC/C=C\CCCCCCCCOS(C)(=O)=O. The van der Waals surface area contributed by atoms with Crippen LogP contribution in [0.1, 0.15) is 58.3 Å². The molecule has 0 unspecified atom stereocenters. The van der Waals surface area contributed by atoms with Gasteiger partial charge in [-0.25, -0.2) is 0 Å². The Morgan fingerprint density at radius 3 is 2.12 bits per heavy atom. The summed E-state index contributed by atoms with van der Waals surface area (Å²) in [6.07, 6.45) is 14.7. The quantitative estimate of drug-likeness (QED) is 0.324. The summed E-state index contributed by atoms with van der Waals surface area (Å²) in [7, 11) is -3.24. The van der Waals surface area contributed by atoms with Gasteiger partial charge in [-0.05, 0) is 25.7 Å². The number of allylic oxidation sites excluding steroid dienone is 2. The zero-order chi connectivity index (χ0) is 13.0. The molecule has 0 N–H and O–H groups in total. The Morgan fingerprint density at radius 1 is 0.941 bits per heavy atom. The first-order valence-electron chi connectivity index (χ1n) is 6.55. The molecule has 0 rings (SSSR count). The van der Waals surface area contributed by atoms with Gasteiger partial charge in [-0.3, -0.25) is 4.18 Å². The lowest BCUT2D eigenvalue weighted by molar-refractivity contribution is 0.309. The molecule has 0 aliphatic rings. The summed E-state index contributed by atoms with van der Waals surface area (Å²) in [5.74, 6) is 0. The average molecular weight is 262 g/mol. The van der Waals surface area contributed by atoms with Crippen LogP contribution in [0.25, 0.3) is 0 Å². The summed E-state index contributed by atoms with van der Waals surface area (Å²) in [4.78, 5) is 0. The van der Waals surface area contributed by atoms with Crippen molar-refractivity contribution >= 4 is 10.1 Å². The molecule has 0 radical (unpaired) electrons. The van der Waals surface area contributed by atoms with E-state index in [2.05, 4.69) is 23.3 Å². The zero-order valence-electron chi connectivity index (χ0n) is 11.2. The van der Waals surface area contributed by atoms with E-state index in [0.717, 1.165) is 25.5 Å². The lowest BCUT2D eigenvalue weighted by Gasteiger charge is -2.01. The first kappa shape index (κ1) is 16.6. The van der Waals surface area contributed by atoms with Gasteiger partial charge in [0, 0.05) is 0 Å². The minimum Gasteiger partial charge on any atom is -0.270 e. The van der Waals surface area contributed by atoms with Crippen LogP contribution >= 0.6 is 0 Å². The number of hydrogen-bond acceptors (Lipinski definition) is 3. The Hall–Kier alpha value is -0.350. The normalized spacial score (nSPS) is 12.4. The Morgan fingerprint density at radius 2 is 1.53 bits per heavy atom. The molecule has 0 fully saturated rings. The third-order valence-electron chi connectivity index (χ3n) is 2.46. The molecule has 0 bridgehead atoms. The van der Waals surface area contributed by atoms with Crippen LogP contribution in [0.5, 0.6) is 0 Å². The minimum absolute atomic E-state index is 0.331. The van der Waals surface area contributed by atoms with E-state index in [1.165, 1.54) is 32.1 Å². The van der Waals surface area contributed by atoms with Gasteiger partial charge in [0.05, 0.1) is 12.9 Å². The molecule has 0 atom stereocenters. The average Bonchev–Trinajstić information content (AvgIpc) is 2.24. The molecule has 0 aliphatic heterocycles. The van der Waals surface area contributed by atoms with Crippen molar-refractivity contribution in [1.82, 2.24) is 0 Å². The van der Waals surface area contributed by atoms with Gasteiger partial charge in [-0.1, -0.05) is 44.8 Å². The van der Waals surface area contributed by atoms with Gasteiger partial charge >= 0.3 is 0 Å². The number of rotatable bonds is 11. The smallest absolute Gasteiger partial charge is 0.264 e. The van der Waals surface area contributed by atoms with Crippen molar-refractivity contribution in [2.45, 2.75) is 58.3 Å². The van der Waals surface area contributed by atoms with Gasteiger partial charge in [-0.15, -0.1) is 0 Å². The van der Waals surface area contributed by atoms with E-state index < -0.39 is 10.1 Å². The van der Waals surface area contributed by atoms with E-state index in [-0.39, 0.29) is 0 Å². The summed E-state index contributed by atoms with van der Waals surface area (Å²) in [5, 5.41) is 0. The van der Waals surface area contributed by atoms with Crippen molar-refractivity contribution in [3.8, 4) is 0 Å². The molecular formula is C13H26O3S. The largest absolute Gasteiger partial charge is 0.270 e. The highest BCUT2D eigenvalue weighted by molar-refractivity contribution is 7.85. The summed E-state index contributed by atoms with van der Waals surface area (Å²) in [5.41, 5.74) is 0. The lowest BCUT2D eigenvalue weighted by Crippen LogP contribution is -2.03. The van der Waals surface area contributed by atoms with Crippen LogP contribution in [0.3, 0.4) is 0 Å². The molecule has 0 aliphatic carbocycles. The standard InChI is InChI=1S/C13H26O3S/c1-3-4-5-6-7-8-9-10-11-12-13-16-17(2,14)15/h4-5H,3,6-13H2,1-2H3/b5-4-. The first-order chi connectivity index (χ1) is 8.06. The third-order valence-corrected chi connectivity index (χ3v) is 3.06. The van der Waals surface area contributed by atoms with E-state index in [1.54, 1.807) is 0 Å². The zero-order valence-corrected chi connectivity index (χ0v) is 12.0. The molecule has 4 heteroatoms. The number of hydrogen-bond donors (Lipinski definition) is 0. The maximum absolute atomic E-state index is 10.7.